The van der Waals surface area contributed by atoms with Gasteiger partial charge in [0.25, 0.3) is 0 Å². The molecular formula is C31H37F3N4O2. The summed E-state index contributed by atoms with van der Waals surface area (Å²) in [5, 5.41) is 3.62. The van der Waals surface area contributed by atoms with E-state index in [9.17, 15) is 18.0 Å². The second kappa shape index (κ2) is 13.3. The van der Waals surface area contributed by atoms with Crippen molar-refractivity contribution in [1.82, 2.24) is 14.8 Å². The maximum atomic E-state index is 13.9. The summed E-state index contributed by atoms with van der Waals surface area (Å²) in [5.74, 6) is -2.96. The quantitative estimate of drug-likeness (QED) is 0.166. The van der Waals surface area contributed by atoms with Gasteiger partial charge in [-0.2, -0.15) is 0 Å². The van der Waals surface area contributed by atoms with Crippen LogP contribution in [0.1, 0.15) is 35.4 Å². The highest BCUT2D eigenvalue weighted by Crippen LogP contribution is 2.34. The van der Waals surface area contributed by atoms with E-state index in [-0.39, 0.29) is 5.75 Å². The molecule has 0 radical (unpaired) electrons. The Morgan fingerprint density at radius 1 is 0.900 bits per heavy atom. The van der Waals surface area contributed by atoms with Gasteiger partial charge in [-0.3, -0.25) is 9.69 Å². The van der Waals surface area contributed by atoms with Crippen molar-refractivity contribution in [3.05, 3.63) is 88.7 Å². The molecule has 3 aromatic carbocycles. The van der Waals surface area contributed by atoms with E-state index in [1.807, 2.05) is 44.4 Å². The van der Waals surface area contributed by atoms with E-state index < -0.39 is 17.5 Å². The van der Waals surface area contributed by atoms with Gasteiger partial charge in [-0.25, -0.2) is 23.2 Å². The molecule has 6 nitrogen and oxygen atoms in total. The van der Waals surface area contributed by atoms with Gasteiger partial charge in [0.05, 0.1) is 5.69 Å². The number of rotatable bonds is 11. The van der Waals surface area contributed by atoms with Crippen LogP contribution in [-0.4, -0.2) is 68.5 Å². The van der Waals surface area contributed by atoms with E-state index in [0.717, 1.165) is 63.2 Å². The Kier molecular flexibility index (Phi) is 9.84. The zero-order valence-electron chi connectivity index (χ0n) is 23.5. The zero-order valence-corrected chi connectivity index (χ0v) is 23.5. The number of carbonyl (C=O) groups excluding carboxylic acids is 1. The van der Waals surface area contributed by atoms with Crippen molar-refractivity contribution >= 4 is 12.1 Å². The molecule has 1 amide bonds. The van der Waals surface area contributed by atoms with Crippen molar-refractivity contribution < 1.29 is 22.7 Å². The molecule has 0 N–H and O–H groups in total. The Balaban J connectivity index is 1.34. The third-order valence-electron chi connectivity index (χ3n) is 7.43. The summed E-state index contributed by atoms with van der Waals surface area (Å²) in [6.07, 6.45) is 2.90. The number of hydrazine groups is 1. The average molecular weight is 555 g/mol. The Labute approximate surface area is 234 Å². The number of nitrogens with zero attached hydrogens (tertiary/aromatic N) is 4. The summed E-state index contributed by atoms with van der Waals surface area (Å²) in [6, 6.07) is 14.6. The molecule has 0 aliphatic carbocycles. The molecule has 0 unspecified atom stereocenters. The van der Waals surface area contributed by atoms with Gasteiger partial charge in [0.2, 0.25) is 6.41 Å². The third-order valence-corrected chi connectivity index (χ3v) is 7.43. The van der Waals surface area contributed by atoms with Crippen LogP contribution in [0, 0.1) is 24.4 Å². The summed E-state index contributed by atoms with van der Waals surface area (Å²) >= 11 is 0. The number of halogens is 3. The minimum absolute atomic E-state index is 0.347. The fourth-order valence-corrected chi connectivity index (χ4v) is 5.03. The fraction of sp³-hybridized carbons (Fsp3) is 0.387. The first-order valence-corrected chi connectivity index (χ1v) is 13.5. The van der Waals surface area contributed by atoms with Crippen LogP contribution < -0.4 is 9.75 Å². The summed E-state index contributed by atoms with van der Waals surface area (Å²) in [5.41, 5.74) is 4.48. The van der Waals surface area contributed by atoms with Crippen molar-refractivity contribution in [2.24, 2.45) is 0 Å². The minimum Gasteiger partial charge on any atom is -0.454 e. The van der Waals surface area contributed by atoms with E-state index in [0.29, 0.717) is 23.8 Å². The van der Waals surface area contributed by atoms with Gasteiger partial charge in [0, 0.05) is 38.8 Å². The zero-order chi connectivity index (χ0) is 28.8. The largest absolute Gasteiger partial charge is 0.454 e. The Morgan fingerprint density at radius 3 is 2.23 bits per heavy atom. The van der Waals surface area contributed by atoms with Gasteiger partial charge in [0.15, 0.2) is 23.2 Å². The third kappa shape index (κ3) is 7.41. The van der Waals surface area contributed by atoms with Crippen LogP contribution in [-0.2, 0) is 11.3 Å². The van der Waals surface area contributed by atoms with Crippen LogP contribution in [0.15, 0.2) is 54.6 Å². The smallest absolute Gasteiger partial charge is 0.228 e. The molecule has 40 heavy (non-hydrogen) atoms. The predicted molar refractivity (Wildman–Crippen MR) is 151 cm³/mol. The van der Waals surface area contributed by atoms with E-state index in [1.54, 1.807) is 17.1 Å². The number of hydrogen-bond donors (Lipinski definition) is 0. The molecule has 0 bridgehead atoms. The number of likely N-dealkylation sites (tertiary alicyclic amines) is 1. The highest BCUT2D eigenvalue weighted by atomic mass is 19.2. The molecule has 1 saturated heterocycles. The lowest BCUT2D eigenvalue weighted by Gasteiger charge is -2.34. The number of benzene rings is 3. The second-order valence-corrected chi connectivity index (χ2v) is 10.7. The maximum Gasteiger partial charge on any atom is 0.228 e. The molecule has 3 aromatic rings. The summed E-state index contributed by atoms with van der Waals surface area (Å²) in [4.78, 5) is 16.4. The summed E-state index contributed by atoms with van der Waals surface area (Å²) in [7, 11) is 5.95. The van der Waals surface area contributed by atoms with Gasteiger partial charge in [-0.15, -0.1) is 0 Å². The summed E-state index contributed by atoms with van der Waals surface area (Å²) in [6.45, 7) is 6.35. The first-order chi connectivity index (χ1) is 19.1. The van der Waals surface area contributed by atoms with Gasteiger partial charge in [-0.1, -0.05) is 18.2 Å². The molecular weight excluding hydrogens is 517 g/mol. The number of likely N-dealkylation sites (N-methyl/N-ethyl adjacent to an activating group) is 2. The van der Waals surface area contributed by atoms with E-state index in [1.165, 1.54) is 11.1 Å². The number of aryl methyl sites for hydroxylation is 1. The number of hydrogen-bond acceptors (Lipinski definition) is 5. The second-order valence-electron chi connectivity index (χ2n) is 10.7. The molecule has 214 valence electrons. The van der Waals surface area contributed by atoms with E-state index >= 15 is 0 Å². The number of piperidine rings is 1. The van der Waals surface area contributed by atoms with Gasteiger partial charge < -0.3 is 9.64 Å². The van der Waals surface area contributed by atoms with Gasteiger partial charge >= 0.3 is 0 Å². The molecule has 1 heterocycles. The van der Waals surface area contributed by atoms with Crippen LogP contribution in [0.3, 0.4) is 0 Å². The SMILES string of the molecule is Cc1ccc(N(C=O)N(C)CCN(C)C)cc1C1CCN(Cc2ccc(Oc3cc(F)c(F)cc3F)cc2)CC1. The number of ether oxygens (including phenoxy) is 1. The first kappa shape index (κ1) is 29.6. The summed E-state index contributed by atoms with van der Waals surface area (Å²) < 4.78 is 45.9. The lowest BCUT2D eigenvalue weighted by atomic mass is 9.86. The monoisotopic (exact) mass is 554 g/mol. The fourth-order valence-electron chi connectivity index (χ4n) is 5.03. The Morgan fingerprint density at radius 2 is 1.57 bits per heavy atom. The highest BCUT2D eigenvalue weighted by Gasteiger charge is 2.23. The molecule has 0 spiro atoms. The lowest BCUT2D eigenvalue weighted by molar-refractivity contribution is -0.109. The van der Waals surface area contributed by atoms with Crippen molar-refractivity contribution in [2.45, 2.75) is 32.2 Å². The van der Waals surface area contributed by atoms with E-state index in [2.05, 4.69) is 28.9 Å². The normalized spacial score (nSPS) is 14.6. The first-order valence-electron chi connectivity index (χ1n) is 13.5. The van der Waals surface area contributed by atoms with Crippen molar-refractivity contribution in [3.8, 4) is 11.5 Å². The predicted octanol–water partition coefficient (Wildman–Crippen LogP) is 5.96. The lowest BCUT2D eigenvalue weighted by Crippen LogP contribution is -2.42. The Bertz CT molecular complexity index is 1290. The van der Waals surface area contributed by atoms with Gasteiger partial charge in [-0.05, 0) is 93.8 Å². The molecule has 0 aromatic heterocycles. The molecule has 4 rings (SSSR count). The van der Waals surface area contributed by atoms with Crippen LogP contribution in [0.25, 0.3) is 0 Å². The van der Waals surface area contributed by atoms with Crippen LogP contribution >= 0.6 is 0 Å². The molecule has 0 atom stereocenters. The van der Waals surface area contributed by atoms with Crippen molar-refractivity contribution in [3.63, 3.8) is 0 Å². The number of anilines is 1. The van der Waals surface area contributed by atoms with E-state index in [4.69, 9.17) is 4.74 Å². The highest BCUT2D eigenvalue weighted by molar-refractivity contribution is 5.74. The molecule has 1 aliphatic rings. The van der Waals surface area contributed by atoms with Crippen LogP contribution in [0.2, 0.25) is 0 Å². The molecule has 1 aliphatic heterocycles. The minimum atomic E-state index is -1.25. The topological polar surface area (TPSA) is 39.3 Å². The Hall–Kier alpha value is -3.40. The molecule has 9 heteroatoms. The number of amides is 1. The standard InChI is InChI=1S/C31H37F3N4O2/c1-22-5-8-25(38(21-39)36(4)16-15-35(2)3)17-27(22)24-11-13-37(14-12-24)20-23-6-9-26(10-7-23)40-31-19-29(33)28(32)18-30(31)34/h5-10,17-19,21,24H,11-16,20H2,1-4H3. The van der Waals surface area contributed by atoms with Gasteiger partial charge in [0.1, 0.15) is 5.75 Å². The van der Waals surface area contributed by atoms with Crippen LogP contribution in [0.5, 0.6) is 11.5 Å². The van der Waals surface area contributed by atoms with Crippen molar-refractivity contribution in [1.29, 1.82) is 0 Å². The molecule has 0 saturated carbocycles. The van der Waals surface area contributed by atoms with Crippen molar-refractivity contribution in [2.75, 3.05) is 52.3 Å². The van der Waals surface area contributed by atoms with Crippen LogP contribution in [0.4, 0.5) is 18.9 Å². The average Bonchev–Trinajstić information content (AvgIpc) is 2.93. The molecule has 1 fully saturated rings. The maximum absolute atomic E-state index is 13.9. The number of carbonyl (C=O) groups is 1.